The third-order valence-corrected chi connectivity index (χ3v) is 5.33. The average molecular weight is 561 g/mol. The Morgan fingerprint density at radius 2 is 1.78 bits per heavy atom. The van der Waals surface area contributed by atoms with E-state index in [1.54, 1.807) is 63.2 Å². The summed E-state index contributed by atoms with van der Waals surface area (Å²) in [5.74, 6) is 1.44. The van der Waals surface area contributed by atoms with Crippen molar-refractivity contribution in [2.75, 3.05) is 30.8 Å². The van der Waals surface area contributed by atoms with Crippen molar-refractivity contribution in [3.63, 3.8) is 0 Å². The van der Waals surface area contributed by atoms with Crippen molar-refractivity contribution < 1.29 is 19.1 Å². The minimum absolute atomic E-state index is 0.148. The van der Waals surface area contributed by atoms with Crippen LogP contribution in [-0.4, -0.2) is 67.5 Å². The maximum absolute atomic E-state index is 13.2. The van der Waals surface area contributed by atoms with Crippen molar-refractivity contribution in [3.05, 3.63) is 60.7 Å². The molecule has 0 aliphatic heterocycles. The molecule has 3 heterocycles. The van der Waals surface area contributed by atoms with Crippen molar-refractivity contribution in [2.45, 2.75) is 26.4 Å². The fraction of sp³-hybridized carbons (Fsp3) is 0.296. The minimum atomic E-state index is -0.624. The molecular formula is C27H32N10O4. The number of carbonyl (C=O) groups is 2. The molecule has 0 aliphatic carbocycles. The first kappa shape index (κ1) is 28.7. The molecule has 1 aromatic carbocycles. The molecule has 4 aromatic rings. The molecule has 0 unspecified atom stereocenters. The summed E-state index contributed by atoms with van der Waals surface area (Å²) in [6, 6.07) is 10.8. The Bertz CT molecular complexity index is 1500. The quantitative estimate of drug-likeness (QED) is 0.210. The largest absolute Gasteiger partial charge is 0.494 e. The van der Waals surface area contributed by atoms with Crippen LogP contribution < -0.4 is 26.0 Å². The van der Waals surface area contributed by atoms with E-state index in [1.807, 2.05) is 18.2 Å². The number of amides is 2. The number of carbonyl (C=O) groups excluding carboxylic acids is 2. The standard InChI is InChI=1S/C27H32N10O4/c1-27(2,3)41-26(39)30-14-13-29-24(38)18-15-31-25(34-20-11-6-7-12-28-20)35-23(18)33-19-10-8-9-17(21(19)40-5)22-32-16-37(4)36-22/h6-12,15-16H,13-14H2,1-5H3,(H,29,38)(H,30,39)(H2,28,31,33,34,35). The lowest BCUT2D eigenvalue weighted by Gasteiger charge is -2.19. The molecule has 4 rings (SSSR count). The molecule has 0 spiro atoms. The predicted molar refractivity (Wildman–Crippen MR) is 152 cm³/mol. The summed E-state index contributed by atoms with van der Waals surface area (Å²) in [4.78, 5) is 42.5. The fourth-order valence-corrected chi connectivity index (χ4v) is 3.63. The van der Waals surface area contributed by atoms with Gasteiger partial charge in [0.1, 0.15) is 29.1 Å². The Kier molecular flexibility index (Phi) is 8.92. The van der Waals surface area contributed by atoms with Gasteiger partial charge in [0.2, 0.25) is 5.95 Å². The summed E-state index contributed by atoms with van der Waals surface area (Å²) in [5, 5.41) is 16.0. The van der Waals surface area contributed by atoms with Gasteiger partial charge in [-0.25, -0.2) is 19.7 Å². The van der Waals surface area contributed by atoms with Gasteiger partial charge in [-0.1, -0.05) is 12.1 Å². The number of hydrogen-bond donors (Lipinski definition) is 4. The lowest BCUT2D eigenvalue weighted by Crippen LogP contribution is -2.38. The topological polar surface area (TPSA) is 170 Å². The van der Waals surface area contributed by atoms with Crippen molar-refractivity contribution in [1.82, 2.24) is 40.3 Å². The molecule has 3 aromatic heterocycles. The molecule has 0 saturated heterocycles. The van der Waals surface area contributed by atoms with E-state index in [1.165, 1.54) is 13.3 Å². The lowest BCUT2D eigenvalue weighted by molar-refractivity contribution is 0.0526. The van der Waals surface area contributed by atoms with Crippen LogP contribution >= 0.6 is 0 Å². The van der Waals surface area contributed by atoms with Gasteiger partial charge in [0, 0.05) is 32.5 Å². The highest BCUT2D eigenvalue weighted by molar-refractivity contribution is 5.99. The number of ether oxygens (including phenoxy) is 2. The van der Waals surface area contributed by atoms with Crippen molar-refractivity contribution in [1.29, 1.82) is 0 Å². The van der Waals surface area contributed by atoms with Crippen LogP contribution in [0, 0.1) is 0 Å². The van der Waals surface area contributed by atoms with Gasteiger partial charge in [-0.05, 0) is 45.0 Å². The number of aryl methyl sites for hydroxylation is 1. The van der Waals surface area contributed by atoms with Crippen molar-refractivity contribution in [2.24, 2.45) is 7.05 Å². The molecule has 0 fully saturated rings. The van der Waals surface area contributed by atoms with Gasteiger partial charge in [-0.2, -0.15) is 10.1 Å². The van der Waals surface area contributed by atoms with Crippen LogP contribution in [-0.2, 0) is 11.8 Å². The van der Waals surface area contributed by atoms with E-state index < -0.39 is 17.6 Å². The molecule has 14 heteroatoms. The smallest absolute Gasteiger partial charge is 0.407 e. The highest BCUT2D eigenvalue weighted by Gasteiger charge is 2.20. The number of nitrogens with one attached hydrogen (secondary N) is 4. The van der Waals surface area contributed by atoms with Gasteiger partial charge in [0.05, 0.1) is 18.4 Å². The second-order valence-corrected chi connectivity index (χ2v) is 9.73. The van der Waals surface area contributed by atoms with E-state index in [9.17, 15) is 9.59 Å². The summed E-state index contributed by atoms with van der Waals surface area (Å²) < 4.78 is 12.5. The third-order valence-electron chi connectivity index (χ3n) is 5.33. The molecule has 41 heavy (non-hydrogen) atoms. The van der Waals surface area contributed by atoms with Gasteiger partial charge >= 0.3 is 6.09 Å². The molecule has 0 atom stereocenters. The van der Waals surface area contributed by atoms with E-state index in [2.05, 4.69) is 46.3 Å². The average Bonchev–Trinajstić information content (AvgIpc) is 3.36. The summed E-state index contributed by atoms with van der Waals surface area (Å²) in [7, 11) is 3.31. The molecule has 0 saturated carbocycles. The van der Waals surface area contributed by atoms with Gasteiger partial charge in [-0.15, -0.1) is 0 Å². The number of nitrogens with zero attached hydrogens (tertiary/aromatic N) is 6. The monoisotopic (exact) mass is 560 g/mol. The van der Waals surface area contributed by atoms with Crippen molar-refractivity contribution in [3.8, 4) is 17.1 Å². The number of rotatable bonds is 10. The Balaban J connectivity index is 1.58. The second kappa shape index (κ2) is 12.7. The third kappa shape index (κ3) is 7.88. The zero-order valence-corrected chi connectivity index (χ0v) is 23.4. The van der Waals surface area contributed by atoms with Crippen LogP contribution in [0.5, 0.6) is 5.75 Å². The molecule has 0 bridgehead atoms. The molecule has 214 valence electrons. The van der Waals surface area contributed by atoms with Crippen LogP contribution in [0.2, 0.25) is 0 Å². The number of pyridine rings is 1. The van der Waals surface area contributed by atoms with Crippen molar-refractivity contribution >= 4 is 35.3 Å². The predicted octanol–water partition coefficient (Wildman–Crippen LogP) is 3.42. The first-order valence-electron chi connectivity index (χ1n) is 12.7. The zero-order valence-electron chi connectivity index (χ0n) is 23.4. The minimum Gasteiger partial charge on any atom is -0.494 e. The van der Waals surface area contributed by atoms with E-state index in [0.717, 1.165) is 0 Å². The van der Waals surface area contributed by atoms with Crippen LogP contribution in [0.1, 0.15) is 31.1 Å². The Morgan fingerprint density at radius 3 is 2.46 bits per heavy atom. The number of hydrogen-bond acceptors (Lipinski definition) is 11. The molecule has 0 radical (unpaired) electrons. The van der Waals surface area contributed by atoms with Crippen LogP contribution in [0.4, 0.5) is 28.1 Å². The summed E-state index contributed by atoms with van der Waals surface area (Å²) in [6.45, 7) is 5.62. The number of anilines is 4. The summed E-state index contributed by atoms with van der Waals surface area (Å²) in [5.41, 5.74) is 0.720. The summed E-state index contributed by atoms with van der Waals surface area (Å²) >= 11 is 0. The molecule has 14 nitrogen and oxygen atoms in total. The van der Waals surface area contributed by atoms with E-state index in [0.29, 0.717) is 28.6 Å². The van der Waals surface area contributed by atoms with E-state index >= 15 is 0 Å². The van der Waals surface area contributed by atoms with E-state index in [4.69, 9.17) is 9.47 Å². The summed E-state index contributed by atoms with van der Waals surface area (Å²) in [6.07, 6.45) is 4.05. The van der Waals surface area contributed by atoms with Gasteiger partial charge in [0.15, 0.2) is 11.6 Å². The van der Waals surface area contributed by atoms with Crippen LogP contribution in [0.15, 0.2) is 55.1 Å². The molecule has 2 amide bonds. The Hall–Kier alpha value is -5.27. The van der Waals surface area contributed by atoms with Crippen LogP contribution in [0.25, 0.3) is 11.4 Å². The fourth-order valence-electron chi connectivity index (χ4n) is 3.63. The SMILES string of the molecule is COc1c(Nc2nc(Nc3ccccn3)ncc2C(=O)NCCNC(=O)OC(C)(C)C)cccc1-c1ncn(C)n1. The first-order valence-corrected chi connectivity index (χ1v) is 12.7. The Morgan fingerprint density at radius 1 is 0.976 bits per heavy atom. The number of para-hydroxylation sites is 1. The number of methoxy groups -OCH3 is 1. The lowest BCUT2D eigenvalue weighted by atomic mass is 10.1. The number of benzene rings is 1. The maximum Gasteiger partial charge on any atom is 0.407 e. The zero-order chi connectivity index (χ0) is 29.4. The number of aromatic nitrogens is 6. The van der Waals surface area contributed by atoms with E-state index in [-0.39, 0.29) is 30.4 Å². The maximum atomic E-state index is 13.2. The van der Waals surface area contributed by atoms with Crippen LogP contribution in [0.3, 0.4) is 0 Å². The highest BCUT2D eigenvalue weighted by Crippen LogP contribution is 2.36. The normalized spacial score (nSPS) is 11.0. The molecule has 0 aliphatic rings. The van der Waals surface area contributed by atoms with Gasteiger partial charge < -0.3 is 30.7 Å². The van der Waals surface area contributed by atoms with Gasteiger partial charge in [0.25, 0.3) is 5.91 Å². The van der Waals surface area contributed by atoms with Gasteiger partial charge in [-0.3, -0.25) is 9.48 Å². The first-order chi connectivity index (χ1) is 19.6. The second-order valence-electron chi connectivity index (χ2n) is 9.73. The number of alkyl carbamates (subject to hydrolysis) is 1. The molecular weight excluding hydrogens is 528 g/mol. The molecule has 4 N–H and O–H groups in total. The highest BCUT2D eigenvalue weighted by atomic mass is 16.6. The Labute approximate surface area is 236 Å².